The van der Waals surface area contributed by atoms with Crippen molar-refractivity contribution in [2.75, 3.05) is 26.7 Å². The molecule has 150 valence electrons. The van der Waals surface area contributed by atoms with Crippen molar-refractivity contribution in [2.24, 2.45) is 5.92 Å². The number of likely N-dealkylation sites (tertiary alicyclic amines) is 1. The highest BCUT2D eigenvalue weighted by Gasteiger charge is 2.26. The fraction of sp³-hybridized carbons (Fsp3) is 0.524. The van der Waals surface area contributed by atoms with E-state index in [-0.39, 0.29) is 11.8 Å². The molecule has 1 aliphatic heterocycles. The van der Waals surface area contributed by atoms with Crippen molar-refractivity contribution < 1.29 is 14.1 Å². The Bertz CT molecular complexity index is 790. The van der Waals surface area contributed by atoms with Crippen LogP contribution < -0.4 is 0 Å². The summed E-state index contributed by atoms with van der Waals surface area (Å²) < 4.78 is 5.01. The van der Waals surface area contributed by atoms with E-state index in [0.29, 0.717) is 36.9 Å². The quantitative estimate of drug-likeness (QED) is 0.733. The standard InChI is InChI=1S/C21H28N4O3/c1-16-14-19(23-28-16)21(27)25-12-5-6-17(15-25)8-9-20(26)24(2)13-10-18-7-3-4-11-22-18/h3-4,7,11,14,17H,5-6,8-10,12-13,15H2,1-2H3/t17-/m0/s1. The fourth-order valence-corrected chi connectivity index (χ4v) is 3.59. The molecule has 7 nitrogen and oxygen atoms in total. The Hall–Kier alpha value is -2.70. The first-order valence-electron chi connectivity index (χ1n) is 9.89. The second kappa shape index (κ2) is 9.48. The Kier molecular flexibility index (Phi) is 6.79. The third-order valence-electron chi connectivity index (χ3n) is 5.27. The summed E-state index contributed by atoms with van der Waals surface area (Å²) in [5.41, 5.74) is 1.36. The van der Waals surface area contributed by atoms with Crippen LogP contribution in [0.4, 0.5) is 0 Å². The second-order valence-electron chi connectivity index (χ2n) is 7.51. The number of aromatic nitrogens is 2. The SMILES string of the molecule is Cc1cc(C(=O)N2CCC[C@@H](CCC(=O)N(C)CCc3ccccn3)C2)no1. The second-order valence-corrected chi connectivity index (χ2v) is 7.51. The monoisotopic (exact) mass is 384 g/mol. The molecule has 0 saturated carbocycles. The molecule has 0 aliphatic carbocycles. The first kappa shape index (κ1) is 20.0. The highest BCUT2D eigenvalue weighted by molar-refractivity contribution is 5.92. The number of piperidine rings is 1. The van der Waals surface area contributed by atoms with E-state index in [0.717, 1.165) is 37.9 Å². The van der Waals surface area contributed by atoms with Crippen LogP contribution in [0.1, 0.15) is 47.6 Å². The first-order valence-corrected chi connectivity index (χ1v) is 9.89. The third-order valence-corrected chi connectivity index (χ3v) is 5.27. The molecule has 1 aliphatic rings. The van der Waals surface area contributed by atoms with E-state index in [9.17, 15) is 9.59 Å². The Morgan fingerprint density at radius 1 is 1.36 bits per heavy atom. The summed E-state index contributed by atoms with van der Waals surface area (Å²) in [6.07, 6.45) is 5.84. The Labute approximate surface area is 165 Å². The molecule has 3 rings (SSSR count). The van der Waals surface area contributed by atoms with Crippen molar-refractivity contribution in [1.82, 2.24) is 19.9 Å². The van der Waals surface area contributed by atoms with Gasteiger partial charge in [0.05, 0.1) is 0 Å². The molecule has 0 radical (unpaired) electrons. The average Bonchev–Trinajstić information content (AvgIpc) is 3.17. The van der Waals surface area contributed by atoms with Crippen LogP contribution in [0, 0.1) is 12.8 Å². The number of carbonyl (C=O) groups is 2. The number of hydrogen-bond acceptors (Lipinski definition) is 5. The number of hydrogen-bond donors (Lipinski definition) is 0. The van der Waals surface area contributed by atoms with Gasteiger partial charge in [0.25, 0.3) is 5.91 Å². The van der Waals surface area contributed by atoms with Crippen molar-refractivity contribution in [2.45, 2.75) is 39.0 Å². The molecular weight excluding hydrogens is 356 g/mol. The summed E-state index contributed by atoms with van der Waals surface area (Å²) in [4.78, 5) is 32.9. The summed E-state index contributed by atoms with van der Waals surface area (Å²) in [5, 5.41) is 3.83. The average molecular weight is 384 g/mol. The maximum Gasteiger partial charge on any atom is 0.276 e. The molecule has 0 N–H and O–H groups in total. The van der Waals surface area contributed by atoms with Gasteiger partial charge in [0.1, 0.15) is 5.76 Å². The Morgan fingerprint density at radius 3 is 2.93 bits per heavy atom. The van der Waals surface area contributed by atoms with Crippen LogP contribution in [0.5, 0.6) is 0 Å². The predicted molar refractivity (Wildman–Crippen MR) is 105 cm³/mol. The molecule has 0 bridgehead atoms. The smallest absolute Gasteiger partial charge is 0.276 e. The Morgan fingerprint density at radius 2 is 2.21 bits per heavy atom. The normalized spacial score (nSPS) is 16.8. The van der Waals surface area contributed by atoms with Crippen LogP contribution in [0.2, 0.25) is 0 Å². The highest BCUT2D eigenvalue weighted by atomic mass is 16.5. The summed E-state index contributed by atoms with van der Waals surface area (Å²) in [7, 11) is 1.84. The lowest BCUT2D eigenvalue weighted by molar-refractivity contribution is -0.130. The summed E-state index contributed by atoms with van der Waals surface area (Å²) in [6, 6.07) is 7.50. The number of carbonyl (C=O) groups excluding carboxylic acids is 2. The minimum Gasteiger partial charge on any atom is -0.361 e. The molecule has 0 spiro atoms. The number of rotatable bonds is 7. The van der Waals surface area contributed by atoms with Crippen molar-refractivity contribution >= 4 is 11.8 Å². The minimum atomic E-state index is -0.0830. The topological polar surface area (TPSA) is 79.5 Å². The molecule has 3 heterocycles. The maximum atomic E-state index is 12.5. The minimum absolute atomic E-state index is 0.0830. The molecule has 2 aromatic heterocycles. The molecule has 7 heteroatoms. The number of nitrogens with zero attached hydrogens (tertiary/aromatic N) is 4. The molecule has 1 saturated heterocycles. The molecule has 0 unspecified atom stereocenters. The summed E-state index contributed by atoms with van der Waals surface area (Å²) in [6.45, 7) is 3.85. The molecule has 28 heavy (non-hydrogen) atoms. The van der Waals surface area contributed by atoms with Crippen LogP contribution in [0.25, 0.3) is 0 Å². The maximum absolute atomic E-state index is 12.5. The van der Waals surface area contributed by atoms with Crippen LogP contribution in [0.3, 0.4) is 0 Å². The number of amides is 2. The van der Waals surface area contributed by atoms with Crippen LogP contribution in [-0.4, -0.2) is 58.4 Å². The zero-order valence-electron chi connectivity index (χ0n) is 16.6. The highest BCUT2D eigenvalue weighted by Crippen LogP contribution is 2.23. The number of aryl methyl sites for hydroxylation is 1. The van der Waals surface area contributed by atoms with Gasteiger partial charge in [0.2, 0.25) is 5.91 Å². The molecular formula is C21H28N4O3. The zero-order valence-corrected chi connectivity index (χ0v) is 16.6. The van der Waals surface area contributed by atoms with Gasteiger partial charge in [0, 0.05) is 57.5 Å². The van der Waals surface area contributed by atoms with Crippen LogP contribution >= 0.6 is 0 Å². The van der Waals surface area contributed by atoms with Gasteiger partial charge in [-0.3, -0.25) is 14.6 Å². The van der Waals surface area contributed by atoms with Gasteiger partial charge in [-0.05, 0) is 44.2 Å². The van der Waals surface area contributed by atoms with E-state index in [2.05, 4.69) is 10.1 Å². The lowest BCUT2D eigenvalue weighted by Crippen LogP contribution is -2.40. The summed E-state index contributed by atoms with van der Waals surface area (Å²) >= 11 is 0. The van der Waals surface area contributed by atoms with Gasteiger partial charge >= 0.3 is 0 Å². The summed E-state index contributed by atoms with van der Waals surface area (Å²) in [5.74, 6) is 1.04. The van der Waals surface area contributed by atoms with Gasteiger partial charge in [-0.1, -0.05) is 11.2 Å². The van der Waals surface area contributed by atoms with Crippen LogP contribution in [0.15, 0.2) is 35.0 Å². The number of likely N-dealkylation sites (N-methyl/N-ethyl adjacent to an activating group) is 1. The van der Waals surface area contributed by atoms with Crippen molar-refractivity contribution in [1.29, 1.82) is 0 Å². The number of pyridine rings is 1. The van der Waals surface area contributed by atoms with E-state index in [1.807, 2.05) is 30.1 Å². The van der Waals surface area contributed by atoms with E-state index in [4.69, 9.17) is 4.52 Å². The van der Waals surface area contributed by atoms with E-state index < -0.39 is 0 Å². The molecule has 2 aromatic rings. The lowest BCUT2D eigenvalue weighted by atomic mass is 9.93. The van der Waals surface area contributed by atoms with Gasteiger partial charge in [-0.25, -0.2) is 0 Å². The fourth-order valence-electron chi connectivity index (χ4n) is 3.59. The van der Waals surface area contributed by atoms with Crippen molar-refractivity contribution in [3.05, 3.63) is 47.6 Å². The molecule has 1 atom stereocenters. The van der Waals surface area contributed by atoms with Gasteiger partial charge in [-0.2, -0.15) is 0 Å². The van der Waals surface area contributed by atoms with Gasteiger partial charge < -0.3 is 14.3 Å². The van der Waals surface area contributed by atoms with E-state index in [1.165, 1.54) is 0 Å². The molecule has 2 amide bonds. The van der Waals surface area contributed by atoms with E-state index >= 15 is 0 Å². The van der Waals surface area contributed by atoms with Crippen molar-refractivity contribution in [3.63, 3.8) is 0 Å². The first-order chi connectivity index (χ1) is 13.5. The lowest BCUT2D eigenvalue weighted by Gasteiger charge is -2.32. The van der Waals surface area contributed by atoms with Gasteiger partial charge in [-0.15, -0.1) is 0 Å². The zero-order chi connectivity index (χ0) is 19.9. The van der Waals surface area contributed by atoms with Crippen LogP contribution in [-0.2, 0) is 11.2 Å². The molecule has 1 fully saturated rings. The third kappa shape index (κ3) is 5.41. The van der Waals surface area contributed by atoms with Crippen molar-refractivity contribution in [3.8, 4) is 0 Å². The molecule has 0 aromatic carbocycles. The van der Waals surface area contributed by atoms with E-state index in [1.54, 1.807) is 24.1 Å². The van der Waals surface area contributed by atoms with Gasteiger partial charge in [0.15, 0.2) is 5.69 Å². The Balaban J connectivity index is 1.43. The largest absolute Gasteiger partial charge is 0.361 e. The predicted octanol–water partition coefficient (Wildman–Crippen LogP) is 2.71.